The molecule has 0 heterocycles. The number of benzene rings is 3. The van der Waals surface area contributed by atoms with Crippen LogP contribution in [-0.2, 0) is 6.61 Å². The minimum Gasteiger partial charge on any atom is -0.494 e. The number of aliphatic imine (C=N–C) groups is 1. The molecule has 0 aromatic heterocycles. The van der Waals surface area contributed by atoms with Crippen LogP contribution in [0.2, 0.25) is 10.0 Å². The second-order valence-corrected chi connectivity index (χ2v) is 7.60. The summed E-state index contributed by atoms with van der Waals surface area (Å²) in [7, 11) is 0. The third-order valence-electron chi connectivity index (χ3n) is 3.86. The molecule has 0 saturated heterocycles. The van der Waals surface area contributed by atoms with Gasteiger partial charge in [0.15, 0.2) is 0 Å². The normalized spacial score (nSPS) is 11.0. The van der Waals surface area contributed by atoms with Crippen molar-refractivity contribution in [1.29, 1.82) is 0 Å². The van der Waals surface area contributed by atoms with Crippen LogP contribution in [0.5, 0.6) is 11.5 Å². The molecular weight excluding hydrogens is 461 g/mol. The molecule has 0 fully saturated rings. The van der Waals surface area contributed by atoms with E-state index >= 15 is 0 Å². The third-order valence-corrected chi connectivity index (χ3v) is 5.07. The van der Waals surface area contributed by atoms with E-state index < -0.39 is 0 Å². The maximum atomic E-state index is 6.19. The van der Waals surface area contributed by atoms with E-state index in [0.717, 1.165) is 32.8 Å². The van der Waals surface area contributed by atoms with Crippen LogP contribution < -0.4 is 9.47 Å². The minimum atomic E-state index is 0.355. The van der Waals surface area contributed by atoms with E-state index in [1.165, 1.54) is 0 Å². The van der Waals surface area contributed by atoms with E-state index in [4.69, 9.17) is 32.7 Å². The molecule has 3 rings (SSSR count). The number of hydrogen-bond donors (Lipinski definition) is 0. The van der Waals surface area contributed by atoms with Gasteiger partial charge in [-0.3, -0.25) is 4.99 Å². The highest BCUT2D eigenvalue weighted by Crippen LogP contribution is 2.28. The molecule has 0 bridgehead atoms. The Morgan fingerprint density at radius 1 is 0.964 bits per heavy atom. The number of halogens is 3. The lowest BCUT2D eigenvalue weighted by Gasteiger charge is -2.10. The van der Waals surface area contributed by atoms with Gasteiger partial charge in [-0.25, -0.2) is 0 Å². The van der Waals surface area contributed by atoms with E-state index in [1.807, 2.05) is 55.5 Å². The first-order valence-corrected chi connectivity index (χ1v) is 10.2. The molecule has 3 aromatic rings. The minimum absolute atomic E-state index is 0.355. The van der Waals surface area contributed by atoms with Gasteiger partial charge in [-0.1, -0.05) is 29.3 Å². The van der Waals surface area contributed by atoms with Crippen LogP contribution >= 0.6 is 39.1 Å². The summed E-state index contributed by atoms with van der Waals surface area (Å²) in [5.41, 5.74) is 2.69. The van der Waals surface area contributed by atoms with Crippen LogP contribution in [0.4, 0.5) is 5.69 Å². The Morgan fingerprint density at radius 3 is 2.43 bits per heavy atom. The zero-order chi connectivity index (χ0) is 19.9. The molecule has 0 aliphatic carbocycles. The topological polar surface area (TPSA) is 30.8 Å². The van der Waals surface area contributed by atoms with Crippen LogP contribution in [0.3, 0.4) is 0 Å². The summed E-state index contributed by atoms with van der Waals surface area (Å²) in [6.07, 6.45) is 1.81. The summed E-state index contributed by atoms with van der Waals surface area (Å²) in [4.78, 5) is 4.49. The van der Waals surface area contributed by atoms with Gasteiger partial charge in [-0.15, -0.1) is 0 Å². The van der Waals surface area contributed by atoms with Crippen molar-refractivity contribution in [3.05, 3.63) is 86.3 Å². The second kappa shape index (κ2) is 9.97. The molecule has 0 saturated carbocycles. The van der Waals surface area contributed by atoms with Crippen molar-refractivity contribution in [3.63, 3.8) is 0 Å². The summed E-state index contributed by atoms with van der Waals surface area (Å²) < 4.78 is 12.1. The maximum Gasteiger partial charge on any atom is 0.134 e. The van der Waals surface area contributed by atoms with Crippen molar-refractivity contribution in [2.24, 2.45) is 4.99 Å². The molecule has 0 amide bonds. The van der Waals surface area contributed by atoms with Gasteiger partial charge in [0.1, 0.15) is 18.1 Å². The largest absolute Gasteiger partial charge is 0.494 e. The summed E-state index contributed by atoms with van der Waals surface area (Å²) >= 11 is 15.7. The van der Waals surface area contributed by atoms with E-state index in [1.54, 1.807) is 18.3 Å². The predicted octanol–water partition coefficient (Wildman–Crippen LogP) is 7.48. The number of rotatable bonds is 7. The molecule has 0 spiro atoms. The Hall–Kier alpha value is -2.01. The van der Waals surface area contributed by atoms with Crippen LogP contribution in [-0.4, -0.2) is 12.8 Å². The van der Waals surface area contributed by atoms with Gasteiger partial charge in [-0.2, -0.15) is 0 Å². The van der Waals surface area contributed by atoms with Gasteiger partial charge in [0.2, 0.25) is 0 Å². The molecule has 3 nitrogen and oxygen atoms in total. The van der Waals surface area contributed by atoms with Gasteiger partial charge in [-0.05, 0) is 83.0 Å². The van der Waals surface area contributed by atoms with Crippen LogP contribution in [0, 0.1) is 0 Å². The molecule has 6 heteroatoms. The molecule has 0 aliphatic rings. The highest BCUT2D eigenvalue weighted by atomic mass is 79.9. The SMILES string of the molecule is CCOc1ccc(N=Cc2ccc(OCc3ccc(Cl)cc3Cl)c(Br)c2)cc1. The molecular formula is C22H18BrCl2NO2. The standard InChI is InChI=1S/C22H18BrCl2NO2/c1-2-27-19-8-6-18(7-9-19)26-13-15-3-10-22(20(23)11-15)28-14-16-4-5-17(24)12-21(16)25/h3-13H,2,14H2,1H3. The highest BCUT2D eigenvalue weighted by molar-refractivity contribution is 9.10. The van der Waals surface area contributed by atoms with Crippen LogP contribution in [0.15, 0.2) is 70.1 Å². The number of hydrogen-bond acceptors (Lipinski definition) is 3. The fourth-order valence-corrected chi connectivity index (χ4v) is 3.43. The van der Waals surface area contributed by atoms with E-state index in [-0.39, 0.29) is 0 Å². The zero-order valence-electron chi connectivity index (χ0n) is 15.2. The van der Waals surface area contributed by atoms with Gasteiger partial charge in [0, 0.05) is 21.8 Å². The monoisotopic (exact) mass is 477 g/mol. The fraction of sp³-hybridized carbons (Fsp3) is 0.136. The lowest BCUT2D eigenvalue weighted by molar-refractivity contribution is 0.304. The van der Waals surface area contributed by atoms with E-state index in [0.29, 0.717) is 23.3 Å². The van der Waals surface area contributed by atoms with Crippen molar-refractivity contribution in [2.45, 2.75) is 13.5 Å². The van der Waals surface area contributed by atoms with Crippen molar-refractivity contribution in [3.8, 4) is 11.5 Å². The van der Waals surface area contributed by atoms with Gasteiger partial charge >= 0.3 is 0 Å². The molecule has 0 radical (unpaired) electrons. The molecule has 28 heavy (non-hydrogen) atoms. The molecule has 144 valence electrons. The third kappa shape index (κ3) is 5.74. The summed E-state index contributed by atoms with van der Waals surface area (Å²) in [6.45, 7) is 2.96. The lowest BCUT2D eigenvalue weighted by atomic mass is 10.2. The average molecular weight is 479 g/mol. The van der Waals surface area contributed by atoms with Crippen molar-refractivity contribution in [1.82, 2.24) is 0 Å². The van der Waals surface area contributed by atoms with Crippen molar-refractivity contribution < 1.29 is 9.47 Å². The van der Waals surface area contributed by atoms with Crippen LogP contribution in [0.1, 0.15) is 18.1 Å². The Balaban J connectivity index is 1.64. The second-order valence-electron chi connectivity index (χ2n) is 5.90. The molecule has 0 unspecified atom stereocenters. The summed E-state index contributed by atoms with van der Waals surface area (Å²) in [5, 5.41) is 1.19. The van der Waals surface area contributed by atoms with Crippen molar-refractivity contribution in [2.75, 3.05) is 6.61 Å². The molecule has 0 atom stereocenters. The molecule has 3 aromatic carbocycles. The van der Waals surface area contributed by atoms with Crippen molar-refractivity contribution >= 4 is 51.0 Å². The first kappa shape index (κ1) is 20.7. The first-order valence-electron chi connectivity index (χ1n) is 8.68. The lowest BCUT2D eigenvalue weighted by Crippen LogP contribution is -1.97. The Labute approximate surface area is 183 Å². The van der Waals surface area contributed by atoms with Gasteiger partial charge in [0.25, 0.3) is 0 Å². The predicted molar refractivity (Wildman–Crippen MR) is 120 cm³/mol. The van der Waals surface area contributed by atoms with Crippen LogP contribution in [0.25, 0.3) is 0 Å². The Morgan fingerprint density at radius 2 is 1.75 bits per heavy atom. The highest BCUT2D eigenvalue weighted by Gasteiger charge is 2.06. The Bertz CT molecular complexity index is 975. The maximum absolute atomic E-state index is 6.19. The Kier molecular flexibility index (Phi) is 7.37. The van der Waals surface area contributed by atoms with E-state index in [2.05, 4.69) is 20.9 Å². The van der Waals surface area contributed by atoms with E-state index in [9.17, 15) is 0 Å². The summed E-state index contributed by atoms with van der Waals surface area (Å²) in [5.74, 6) is 1.57. The van der Waals surface area contributed by atoms with Gasteiger partial charge < -0.3 is 9.47 Å². The smallest absolute Gasteiger partial charge is 0.134 e. The summed E-state index contributed by atoms with van der Waals surface area (Å²) in [6, 6.07) is 18.8. The fourth-order valence-electron chi connectivity index (χ4n) is 2.45. The quantitative estimate of drug-likeness (QED) is 0.329. The number of ether oxygens (including phenoxy) is 2. The molecule has 0 N–H and O–H groups in total. The number of nitrogens with zero attached hydrogens (tertiary/aromatic N) is 1. The first-order chi connectivity index (χ1) is 13.5. The zero-order valence-corrected chi connectivity index (χ0v) is 18.3. The molecule has 0 aliphatic heterocycles. The van der Waals surface area contributed by atoms with Gasteiger partial charge in [0.05, 0.1) is 16.8 Å². The average Bonchev–Trinajstić information content (AvgIpc) is 2.68.